The summed E-state index contributed by atoms with van der Waals surface area (Å²) in [6.45, 7) is 0. The van der Waals surface area contributed by atoms with E-state index in [9.17, 15) is 4.79 Å². The number of aromatic nitrogens is 4. The normalized spacial score (nSPS) is 21.0. The van der Waals surface area contributed by atoms with Crippen molar-refractivity contribution >= 4 is 17.0 Å². The average Bonchev–Trinajstić information content (AvgIpc) is 3.01. The van der Waals surface area contributed by atoms with Gasteiger partial charge in [0.1, 0.15) is 5.65 Å². The van der Waals surface area contributed by atoms with Crippen LogP contribution < -0.4 is 16.6 Å². The smallest absolute Gasteiger partial charge is 0.252 e. The molecule has 1 aliphatic carbocycles. The molecule has 124 valence electrons. The molecule has 0 aliphatic heterocycles. The standard InChI is InChI=1S/C17H20N6O/c18-10-3-5-11(6-4-10)21-17-22-14(8-15(24)23-17)13-9-20-16-12(13)2-1-7-19-16/h1-2,7-11H,3-6,18H2,(H,19,20)(H2,21,22,23,24). The van der Waals surface area contributed by atoms with Gasteiger partial charge in [0.2, 0.25) is 5.95 Å². The fraction of sp³-hybridized carbons (Fsp3) is 0.353. The molecular weight excluding hydrogens is 304 g/mol. The molecule has 4 rings (SSSR count). The summed E-state index contributed by atoms with van der Waals surface area (Å²) in [5, 5.41) is 4.29. The Hall–Kier alpha value is -2.67. The number of rotatable bonds is 3. The summed E-state index contributed by atoms with van der Waals surface area (Å²) in [7, 11) is 0. The number of nitrogens with zero attached hydrogens (tertiary/aromatic N) is 2. The number of fused-ring (bicyclic) bond motifs is 1. The van der Waals surface area contributed by atoms with Crippen molar-refractivity contribution in [1.82, 2.24) is 19.9 Å². The minimum absolute atomic E-state index is 0.173. The molecule has 7 heteroatoms. The van der Waals surface area contributed by atoms with Crippen LogP contribution in [0.3, 0.4) is 0 Å². The van der Waals surface area contributed by atoms with Crippen molar-refractivity contribution in [3.63, 3.8) is 0 Å². The van der Waals surface area contributed by atoms with E-state index in [2.05, 4.69) is 25.3 Å². The lowest BCUT2D eigenvalue weighted by Crippen LogP contribution is -2.33. The summed E-state index contributed by atoms with van der Waals surface area (Å²) >= 11 is 0. The van der Waals surface area contributed by atoms with Crippen molar-refractivity contribution in [2.24, 2.45) is 5.73 Å². The van der Waals surface area contributed by atoms with E-state index in [1.807, 2.05) is 18.3 Å². The van der Waals surface area contributed by atoms with E-state index in [0.717, 1.165) is 42.3 Å². The van der Waals surface area contributed by atoms with Crippen molar-refractivity contribution in [2.75, 3.05) is 5.32 Å². The highest BCUT2D eigenvalue weighted by molar-refractivity contribution is 5.92. The summed E-state index contributed by atoms with van der Waals surface area (Å²) in [5.74, 6) is 0.510. The van der Waals surface area contributed by atoms with Gasteiger partial charge in [-0.05, 0) is 37.8 Å². The van der Waals surface area contributed by atoms with Crippen LogP contribution in [0.15, 0.2) is 35.4 Å². The summed E-state index contributed by atoms with van der Waals surface area (Å²) in [6.07, 6.45) is 7.54. The molecule has 0 unspecified atom stereocenters. The zero-order chi connectivity index (χ0) is 16.5. The quantitative estimate of drug-likeness (QED) is 0.588. The Labute approximate surface area is 138 Å². The molecule has 1 saturated carbocycles. The first-order valence-corrected chi connectivity index (χ1v) is 8.25. The minimum Gasteiger partial charge on any atom is -0.353 e. The van der Waals surface area contributed by atoms with Crippen LogP contribution in [-0.2, 0) is 0 Å². The van der Waals surface area contributed by atoms with Gasteiger partial charge < -0.3 is 16.0 Å². The van der Waals surface area contributed by atoms with Crippen LogP contribution in [0.25, 0.3) is 22.3 Å². The predicted octanol–water partition coefficient (Wildman–Crippen LogP) is 1.99. The first kappa shape index (κ1) is 14.9. The van der Waals surface area contributed by atoms with Gasteiger partial charge in [-0.2, -0.15) is 0 Å². The van der Waals surface area contributed by atoms with Gasteiger partial charge in [0.25, 0.3) is 5.56 Å². The average molecular weight is 324 g/mol. The second-order valence-corrected chi connectivity index (χ2v) is 6.34. The number of nitrogens with one attached hydrogen (secondary N) is 3. The van der Waals surface area contributed by atoms with Crippen LogP contribution in [0, 0.1) is 0 Å². The number of hydrogen-bond acceptors (Lipinski definition) is 5. The van der Waals surface area contributed by atoms with Crippen LogP contribution in [-0.4, -0.2) is 32.0 Å². The van der Waals surface area contributed by atoms with E-state index < -0.39 is 0 Å². The van der Waals surface area contributed by atoms with E-state index in [0.29, 0.717) is 23.7 Å². The van der Waals surface area contributed by atoms with Crippen LogP contribution in [0.1, 0.15) is 25.7 Å². The van der Waals surface area contributed by atoms with Gasteiger partial charge in [-0.25, -0.2) is 9.97 Å². The SMILES string of the molecule is NC1CCC(Nc2nc(-c3c[nH]c4ncccc34)cc(=O)[nH]2)CC1. The van der Waals surface area contributed by atoms with Crippen molar-refractivity contribution < 1.29 is 0 Å². The van der Waals surface area contributed by atoms with Gasteiger partial charge in [0.15, 0.2) is 0 Å². The van der Waals surface area contributed by atoms with Crippen molar-refractivity contribution in [1.29, 1.82) is 0 Å². The molecule has 7 nitrogen and oxygen atoms in total. The van der Waals surface area contributed by atoms with Crippen molar-refractivity contribution in [3.05, 3.63) is 40.9 Å². The first-order valence-electron chi connectivity index (χ1n) is 8.25. The van der Waals surface area contributed by atoms with Crippen LogP contribution in [0.4, 0.5) is 5.95 Å². The molecule has 0 bridgehead atoms. The third kappa shape index (κ3) is 2.90. The van der Waals surface area contributed by atoms with E-state index in [-0.39, 0.29) is 5.56 Å². The molecule has 0 radical (unpaired) electrons. The Kier molecular flexibility index (Phi) is 3.78. The lowest BCUT2D eigenvalue weighted by molar-refractivity contribution is 0.410. The molecule has 0 amide bonds. The molecule has 0 atom stereocenters. The fourth-order valence-electron chi connectivity index (χ4n) is 3.29. The van der Waals surface area contributed by atoms with Gasteiger partial charge in [-0.3, -0.25) is 9.78 Å². The second-order valence-electron chi connectivity index (χ2n) is 6.34. The highest BCUT2D eigenvalue weighted by atomic mass is 16.1. The molecule has 24 heavy (non-hydrogen) atoms. The Morgan fingerprint density at radius 1 is 1.25 bits per heavy atom. The Morgan fingerprint density at radius 2 is 2.08 bits per heavy atom. The molecule has 1 aliphatic rings. The summed E-state index contributed by atoms with van der Waals surface area (Å²) in [5.41, 5.74) is 8.06. The Balaban J connectivity index is 1.65. The van der Waals surface area contributed by atoms with Gasteiger partial charge in [-0.15, -0.1) is 0 Å². The molecule has 3 aromatic heterocycles. The number of aromatic amines is 2. The van der Waals surface area contributed by atoms with E-state index >= 15 is 0 Å². The maximum atomic E-state index is 12.1. The zero-order valence-corrected chi connectivity index (χ0v) is 13.2. The topological polar surface area (TPSA) is 112 Å². The second kappa shape index (κ2) is 6.09. The van der Waals surface area contributed by atoms with E-state index in [4.69, 9.17) is 5.73 Å². The number of nitrogens with two attached hydrogens (primary N) is 1. The number of H-pyrrole nitrogens is 2. The largest absolute Gasteiger partial charge is 0.353 e. The maximum absolute atomic E-state index is 12.1. The summed E-state index contributed by atoms with van der Waals surface area (Å²) in [6, 6.07) is 5.94. The third-order valence-electron chi connectivity index (χ3n) is 4.58. The Bertz CT molecular complexity index is 907. The molecule has 5 N–H and O–H groups in total. The van der Waals surface area contributed by atoms with Crippen molar-refractivity contribution in [2.45, 2.75) is 37.8 Å². The van der Waals surface area contributed by atoms with E-state index in [1.54, 1.807) is 6.20 Å². The molecule has 1 fully saturated rings. The lowest BCUT2D eigenvalue weighted by atomic mass is 9.92. The zero-order valence-electron chi connectivity index (χ0n) is 13.2. The number of hydrogen-bond donors (Lipinski definition) is 4. The summed E-state index contributed by atoms with van der Waals surface area (Å²) in [4.78, 5) is 26.8. The highest BCUT2D eigenvalue weighted by Gasteiger charge is 2.19. The Morgan fingerprint density at radius 3 is 2.92 bits per heavy atom. The maximum Gasteiger partial charge on any atom is 0.252 e. The monoisotopic (exact) mass is 324 g/mol. The van der Waals surface area contributed by atoms with Crippen molar-refractivity contribution in [3.8, 4) is 11.3 Å². The predicted molar refractivity (Wildman–Crippen MR) is 93.8 cm³/mol. The third-order valence-corrected chi connectivity index (χ3v) is 4.58. The molecule has 0 spiro atoms. The van der Waals surface area contributed by atoms with Gasteiger partial charge in [0, 0.05) is 41.5 Å². The number of pyridine rings is 1. The van der Waals surface area contributed by atoms with Gasteiger partial charge in [0.05, 0.1) is 5.69 Å². The van der Waals surface area contributed by atoms with E-state index in [1.165, 1.54) is 6.07 Å². The molecule has 0 saturated heterocycles. The van der Waals surface area contributed by atoms with Crippen LogP contribution in [0.5, 0.6) is 0 Å². The first-order chi connectivity index (χ1) is 11.7. The van der Waals surface area contributed by atoms with Gasteiger partial charge >= 0.3 is 0 Å². The van der Waals surface area contributed by atoms with Crippen LogP contribution in [0.2, 0.25) is 0 Å². The number of anilines is 1. The van der Waals surface area contributed by atoms with Gasteiger partial charge in [-0.1, -0.05) is 0 Å². The lowest BCUT2D eigenvalue weighted by Gasteiger charge is -2.26. The molecule has 3 aromatic rings. The highest BCUT2D eigenvalue weighted by Crippen LogP contribution is 2.26. The molecule has 0 aromatic carbocycles. The molecule has 3 heterocycles. The minimum atomic E-state index is -0.173. The van der Waals surface area contributed by atoms with Crippen LogP contribution >= 0.6 is 0 Å². The fourth-order valence-corrected chi connectivity index (χ4v) is 3.29. The molecular formula is C17H20N6O. The summed E-state index contributed by atoms with van der Waals surface area (Å²) < 4.78 is 0.